The van der Waals surface area contributed by atoms with E-state index in [2.05, 4.69) is 4.74 Å². The molecular formula is C24H23NO5. The molecule has 154 valence electrons. The van der Waals surface area contributed by atoms with Gasteiger partial charge in [-0.2, -0.15) is 0 Å². The SMILES string of the molecule is COC(=O)COc1ccccc1CN(C(C)=O)c1ccccc1Oc1ccccc1. The predicted octanol–water partition coefficient (Wildman–Crippen LogP) is 4.58. The molecule has 3 aromatic rings. The molecule has 3 rings (SSSR count). The molecule has 0 atom stereocenters. The van der Waals surface area contributed by atoms with Crippen LogP contribution in [0.15, 0.2) is 78.9 Å². The summed E-state index contributed by atoms with van der Waals surface area (Å²) in [5, 5.41) is 0. The van der Waals surface area contributed by atoms with Gasteiger partial charge in [-0.3, -0.25) is 4.79 Å². The van der Waals surface area contributed by atoms with Crippen LogP contribution < -0.4 is 14.4 Å². The summed E-state index contributed by atoms with van der Waals surface area (Å²) in [7, 11) is 1.30. The largest absolute Gasteiger partial charge is 0.482 e. The predicted molar refractivity (Wildman–Crippen MR) is 114 cm³/mol. The van der Waals surface area contributed by atoms with Crippen molar-refractivity contribution < 1.29 is 23.8 Å². The smallest absolute Gasteiger partial charge is 0.343 e. The van der Waals surface area contributed by atoms with Crippen molar-refractivity contribution in [3.63, 3.8) is 0 Å². The third-order valence-electron chi connectivity index (χ3n) is 4.38. The molecule has 0 aromatic heterocycles. The van der Waals surface area contributed by atoms with Crippen LogP contribution in [0.25, 0.3) is 0 Å². The zero-order chi connectivity index (χ0) is 21.3. The number of carbonyl (C=O) groups is 2. The van der Waals surface area contributed by atoms with Crippen LogP contribution in [0.4, 0.5) is 5.69 Å². The van der Waals surface area contributed by atoms with Gasteiger partial charge in [0, 0.05) is 12.5 Å². The Kier molecular flexibility index (Phi) is 7.05. The topological polar surface area (TPSA) is 65.1 Å². The molecule has 0 N–H and O–H groups in total. The van der Waals surface area contributed by atoms with E-state index in [9.17, 15) is 9.59 Å². The Hall–Kier alpha value is -3.80. The number of para-hydroxylation sites is 4. The standard InChI is InChI=1S/C24H23NO5/c1-18(26)25(16-19-10-6-8-14-22(19)29-17-24(27)28-2)21-13-7-9-15-23(21)30-20-11-4-3-5-12-20/h3-15H,16-17H2,1-2H3. The van der Waals surface area contributed by atoms with Crippen molar-refractivity contribution in [2.75, 3.05) is 18.6 Å². The van der Waals surface area contributed by atoms with Gasteiger partial charge in [-0.05, 0) is 30.3 Å². The van der Waals surface area contributed by atoms with E-state index < -0.39 is 5.97 Å². The second kappa shape index (κ2) is 10.1. The van der Waals surface area contributed by atoms with Crippen LogP contribution in [0, 0.1) is 0 Å². The molecular weight excluding hydrogens is 382 g/mol. The summed E-state index contributed by atoms with van der Waals surface area (Å²) < 4.78 is 16.2. The molecule has 0 saturated heterocycles. The van der Waals surface area contributed by atoms with E-state index in [-0.39, 0.29) is 19.1 Å². The Morgan fingerprint density at radius 2 is 1.47 bits per heavy atom. The molecule has 0 saturated carbocycles. The van der Waals surface area contributed by atoms with Crippen LogP contribution in [-0.4, -0.2) is 25.6 Å². The third-order valence-corrected chi connectivity index (χ3v) is 4.38. The van der Waals surface area contributed by atoms with Crippen molar-refractivity contribution in [2.24, 2.45) is 0 Å². The quantitative estimate of drug-likeness (QED) is 0.513. The van der Waals surface area contributed by atoms with E-state index in [1.165, 1.54) is 14.0 Å². The Morgan fingerprint density at radius 3 is 2.17 bits per heavy atom. The first-order valence-corrected chi connectivity index (χ1v) is 9.46. The third kappa shape index (κ3) is 5.38. The van der Waals surface area contributed by atoms with Gasteiger partial charge in [0.15, 0.2) is 12.4 Å². The van der Waals surface area contributed by atoms with Gasteiger partial charge < -0.3 is 19.1 Å². The summed E-state index contributed by atoms with van der Waals surface area (Å²) in [6.45, 7) is 1.54. The maximum absolute atomic E-state index is 12.5. The summed E-state index contributed by atoms with van der Waals surface area (Å²) >= 11 is 0. The number of nitrogens with zero attached hydrogens (tertiary/aromatic N) is 1. The number of methoxy groups -OCH3 is 1. The minimum absolute atomic E-state index is 0.151. The van der Waals surface area contributed by atoms with Crippen molar-refractivity contribution in [2.45, 2.75) is 13.5 Å². The molecule has 0 aliphatic rings. The number of carbonyl (C=O) groups excluding carboxylic acids is 2. The molecule has 0 fully saturated rings. The second-order valence-electron chi connectivity index (χ2n) is 6.46. The number of hydrogen-bond acceptors (Lipinski definition) is 5. The van der Waals surface area contributed by atoms with Crippen molar-refractivity contribution in [1.29, 1.82) is 0 Å². The van der Waals surface area contributed by atoms with E-state index in [0.29, 0.717) is 22.9 Å². The van der Waals surface area contributed by atoms with Crippen LogP contribution in [0.1, 0.15) is 12.5 Å². The number of amides is 1. The molecule has 0 bridgehead atoms. The highest BCUT2D eigenvalue weighted by Crippen LogP contribution is 2.34. The zero-order valence-electron chi connectivity index (χ0n) is 16.9. The van der Waals surface area contributed by atoms with Crippen LogP contribution in [0.2, 0.25) is 0 Å². The van der Waals surface area contributed by atoms with Crippen LogP contribution in [-0.2, 0) is 20.9 Å². The fourth-order valence-electron chi connectivity index (χ4n) is 2.89. The van der Waals surface area contributed by atoms with Gasteiger partial charge in [0.2, 0.25) is 5.91 Å². The average molecular weight is 405 g/mol. The van der Waals surface area contributed by atoms with Crippen LogP contribution in [0.3, 0.4) is 0 Å². The van der Waals surface area contributed by atoms with Crippen LogP contribution >= 0.6 is 0 Å². The fourth-order valence-corrected chi connectivity index (χ4v) is 2.89. The molecule has 6 heteroatoms. The van der Waals surface area contributed by atoms with Gasteiger partial charge in [-0.25, -0.2) is 4.79 Å². The highest BCUT2D eigenvalue weighted by atomic mass is 16.6. The first kappa shape index (κ1) is 20.9. The first-order valence-electron chi connectivity index (χ1n) is 9.46. The monoisotopic (exact) mass is 405 g/mol. The molecule has 0 radical (unpaired) electrons. The lowest BCUT2D eigenvalue weighted by atomic mass is 10.1. The van der Waals surface area contributed by atoms with Crippen molar-refractivity contribution >= 4 is 17.6 Å². The molecule has 0 spiro atoms. The highest BCUT2D eigenvalue weighted by molar-refractivity contribution is 5.93. The Balaban J connectivity index is 1.88. The molecule has 0 aliphatic heterocycles. The average Bonchev–Trinajstić information content (AvgIpc) is 2.77. The highest BCUT2D eigenvalue weighted by Gasteiger charge is 2.19. The summed E-state index contributed by atoms with van der Waals surface area (Å²) in [5.74, 6) is 1.12. The zero-order valence-corrected chi connectivity index (χ0v) is 16.9. The number of anilines is 1. The first-order chi connectivity index (χ1) is 14.6. The van der Waals surface area contributed by atoms with E-state index in [4.69, 9.17) is 9.47 Å². The van der Waals surface area contributed by atoms with Gasteiger partial charge in [0.1, 0.15) is 11.5 Å². The minimum Gasteiger partial charge on any atom is -0.482 e. The molecule has 3 aromatic carbocycles. The van der Waals surface area contributed by atoms with E-state index in [1.54, 1.807) is 17.0 Å². The fraction of sp³-hybridized carbons (Fsp3) is 0.167. The Morgan fingerprint density at radius 1 is 0.833 bits per heavy atom. The number of benzene rings is 3. The molecule has 30 heavy (non-hydrogen) atoms. The van der Waals surface area contributed by atoms with Crippen molar-refractivity contribution in [3.05, 3.63) is 84.4 Å². The maximum Gasteiger partial charge on any atom is 0.343 e. The Bertz CT molecular complexity index is 1000. The summed E-state index contributed by atoms with van der Waals surface area (Å²) in [6, 6.07) is 24.0. The summed E-state index contributed by atoms with van der Waals surface area (Å²) in [5.41, 5.74) is 1.39. The molecule has 0 aliphatic carbocycles. The second-order valence-corrected chi connectivity index (χ2v) is 6.46. The lowest BCUT2D eigenvalue weighted by Crippen LogP contribution is -2.28. The lowest BCUT2D eigenvalue weighted by Gasteiger charge is -2.25. The number of ether oxygens (including phenoxy) is 3. The van der Waals surface area contributed by atoms with Gasteiger partial charge in [0.25, 0.3) is 0 Å². The van der Waals surface area contributed by atoms with Gasteiger partial charge in [-0.1, -0.05) is 48.5 Å². The van der Waals surface area contributed by atoms with Crippen LogP contribution in [0.5, 0.6) is 17.2 Å². The molecule has 0 unspecified atom stereocenters. The van der Waals surface area contributed by atoms with Gasteiger partial charge in [0.05, 0.1) is 19.3 Å². The number of hydrogen-bond donors (Lipinski definition) is 0. The summed E-state index contributed by atoms with van der Waals surface area (Å²) in [4.78, 5) is 25.6. The maximum atomic E-state index is 12.5. The lowest BCUT2D eigenvalue weighted by molar-refractivity contribution is -0.142. The van der Waals surface area contributed by atoms with E-state index in [0.717, 1.165) is 5.56 Å². The summed E-state index contributed by atoms with van der Waals surface area (Å²) in [6.07, 6.45) is 0. The van der Waals surface area contributed by atoms with E-state index in [1.807, 2.05) is 66.7 Å². The Labute approximate surface area is 175 Å². The van der Waals surface area contributed by atoms with Crippen molar-refractivity contribution in [3.8, 4) is 17.2 Å². The van der Waals surface area contributed by atoms with Gasteiger partial charge >= 0.3 is 5.97 Å². The van der Waals surface area contributed by atoms with Gasteiger partial charge in [-0.15, -0.1) is 0 Å². The molecule has 1 amide bonds. The minimum atomic E-state index is -0.477. The molecule has 0 heterocycles. The van der Waals surface area contributed by atoms with Crippen molar-refractivity contribution in [1.82, 2.24) is 0 Å². The molecule has 6 nitrogen and oxygen atoms in total. The number of esters is 1. The number of rotatable bonds is 8. The van der Waals surface area contributed by atoms with E-state index >= 15 is 0 Å². The normalized spacial score (nSPS) is 10.2.